The van der Waals surface area contributed by atoms with Crippen LogP contribution in [0.4, 0.5) is 11.4 Å². The lowest BCUT2D eigenvalue weighted by Gasteiger charge is -2.17. The Hall–Kier alpha value is -3.93. The van der Waals surface area contributed by atoms with E-state index in [1.165, 1.54) is 7.11 Å². The average molecular weight is 386 g/mol. The van der Waals surface area contributed by atoms with Crippen molar-refractivity contribution < 1.29 is 19.1 Å². The van der Waals surface area contributed by atoms with Crippen molar-refractivity contribution in [1.82, 2.24) is 0 Å². The fourth-order valence-electron chi connectivity index (χ4n) is 3.27. The summed E-state index contributed by atoms with van der Waals surface area (Å²) in [6.07, 6.45) is 0. The molecule has 3 aromatic carbocycles. The van der Waals surface area contributed by atoms with E-state index in [-0.39, 0.29) is 17.7 Å². The van der Waals surface area contributed by atoms with Crippen molar-refractivity contribution in [2.24, 2.45) is 0 Å². The molecule has 144 valence electrons. The number of nitrogens with one attached hydrogen (secondary N) is 1. The molecule has 0 aromatic heterocycles. The monoisotopic (exact) mass is 386 g/mol. The highest BCUT2D eigenvalue weighted by Gasteiger charge is 2.36. The van der Waals surface area contributed by atoms with Gasteiger partial charge < -0.3 is 10.1 Å². The zero-order valence-corrected chi connectivity index (χ0v) is 15.9. The third-order valence-electron chi connectivity index (χ3n) is 4.85. The van der Waals surface area contributed by atoms with Gasteiger partial charge in [0.1, 0.15) is 5.75 Å². The molecular weight excluding hydrogens is 368 g/mol. The van der Waals surface area contributed by atoms with Gasteiger partial charge in [-0.2, -0.15) is 0 Å². The molecule has 0 aliphatic carbocycles. The molecular formula is C23H18N2O4. The highest BCUT2D eigenvalue weighted by Crippen LogP contribution is 2.31. The highest BCUT2D eigenvalue weighted by molar-refractivity contribution is 6.34. The summed E-state index contributed by atoms with van der Waals surface area (Å²) in [6, 6.07) is 18.6. The van der Waals surface area contributed by atoms with Gasteiger partial charge in [0, 0.05) is 11.3 Å². The maximum atomic E-state index is 12.7. The van der Waals surface area contributed by atoms with Gasteiger partial charge in [-0.15, -0.1) is 0 Å². The summed E-state index contributed by atoms with van der Waals surface area (Å²) in [6.45, 7) is 1.84. The molecule has 6 nitrogen and oxygen atoms in total. The van der Waals surface area contributed by atoms with E-state index >= 15 is 0 Å². The van der Waals surface area contributed by atoms with E-state index in [1.54, 1.807) is 66.7 Å². The first-order valence-corrected chi connectivity index (χ1v) is 9.03. The van der Waals surface area contributed by atoms with Gasteiger partial charge in [0.15, 0.2) is 0 Å². The molecule has 29 heavy (non-hydrogen) atoms. The molecule has 1 aliphatic rings. The first-order valence-electron chi connectivity index (χ1n) is 9.03. The number of carbonyl (C=O) groups excluding carboxylic acids is 3. The van der Waals surface area contributed by atoms with Crippen molar-refractivity contribution in [3.8, 4) is 5.75 Å². The summed E-state index contributed by atoms with van der Waals surface area (Å²) in [5, 5.41) is 2.85. The van der Waals surface area contributed by atoms with E-state index in [2.05, 4.69) is 5.32 Å². The third-order valence-corrected chi connectivity index (χ3v) is 4.85. The Kier molecular flexibility index (Phi) is 4.60. The van der Waals surface area contributed by atoms with Crippen LogP contribution in [0.5, 0.6) is 5.75 Å². The Morgan fingerprint density at radius 1 is 0.897 bits per heavy atom. The molecule has 1 N–H and O–H groups in total. The Morgan fingerprint density at radius 2 is 1.59 bits per heavy atom. The maximum absolute atomic E-state index is 12.7. The number of methoxy groups -OCH3 is 1. The molecule has 1 heterocycles. The van der Waals surface area contributed by atoms with Gasteiger partial charge >= 0.3 is 0 Å². The minimum atomic E-state index is -0.375. The van der Waals surface area contributed by atoms with Gasteiger partial charge in [0.05, 0.1) is 23.9 Å². The molecule has 3 amide bonds. The Labute approximate surface area is 167 Å². The molecule has 0 fully saturated rings. The average Bonchev–Trinajstić information content (AvgIpc) is 3.00. The fourth-order valence-corrected chi connectivity index (χ4v) is 3.27. The zero-order valence-electron chi connectivity index (χ0n) is 15.9. The number of benzene rings is 3. The number of aryl methyl sites for hydroxylation is 1. The van der Waals surface area contributed by atoms with Crippen LogP contribution in [0.2, 0.25) is 0 Å². The van der Waals surface area contributed by atoms with E-state index < -0.39 is 0 Å². The number of carbonyl (C=O) groups is 3. The van der Waals surface area contributed by atoms with Crippen LogP contribution in [-0.2, 0) is 0 Å². The van der Waals surface area contributed by atoms with Gasteiger partial charge in [-0.25, -0.2) is 4.90 Å². The molecule has 0 unspecified atom stereocenters. The van der Waals surface area contributed by atoms with E-state index in [9.17, 15) is 14.4 Å². The summed E-state index contributed by atoms with van der Waals surface area (Å²) in [5.41, 5.74) is 2.92. The molecule has 1 aliphatic heterocycles. The van der Waals surface area contributed by atoms with Crippen molar-refractivity contribution in [2.75, 3.05) is 17.3 Å². The van der Waals surface area contributed by atoms with Gasteiger partial charge in [-0.3, -0.25) is 14.4 Å². The molecule has 0 radical (unpaired) electrons. The van der Waals surface area contributed by atoms with Crippen LogP contribution >= 0.6 is 0 Å². The molecule has 0 atom stereocenters. The summed E-state index contributed by atoms with van der Waals surface area (Å²) in [7, 11) is 1.53. The number of anilines is 2. The van der Waals surface area contributed by atoms with E-state index in [1.807, 2.05) is 6.92 Å². The fraction of sp³-hybridized carbons (Fsp3) is 0.0870. The normalized spacial score (nSPS) is 12.7. The largest absolute Gasteiger partial charge is 0.497 e. The smallest absolute Gasteiger partial charge is 0.266 e. The number of rotatable bonds is 4. The molecule has 0 saturated carbocycles. The van der Waals surface area contributed by atoms with Crippen molar-refractivity contribution in [3.05, 3.63) is 89.0 Å². The van der Waals surface area contributed by atoms with Gasteiger partial charge in [0.2, 0.25) is 0 Å². The van der Waals surface area contributed by atoms with Crippen molar-refractivity contribution in [1.29, 1.82) is 0 Å². The highest BCUT2D eigenvalue weighted by atomic mass is 16.5. The SMILES string of the molecule is COc1cccc(C(=O)Nc2cc(N3C(=O)c4ccccc4C3=O)ccc2C)c1. The third kappa shape index (κ3) is 3.25. The topological polar surface area (TPSA) is 75.7 Å². The maximum Gasteiger partial charge on any atom is 0.266 e. The number of nitrogens with zero attached hydrogens (tertiary/aromatic N) is 1. The van der Waals surface area contributed by atoms with Crippen LogP contribution in [0, 0.1) is 6.92 Å². The lowest BCUT2D eigenvalue weighted by atomic mass is 10.1. The quantitative estimate of drug-likeness (QED) is 0.686. The van der Waals surface area contributed by atoms with Crippen LogP contribution in [0.25, 0.3) is 0 Å². The van der Waals surface area contributed by atoms with E-state index in [0.717, 1.165) is 10.5 Å². The predicted molar refractivity (Wildman–Crippen MR) is 110 cm³/mol. The van der Waals surface area contributed by atoms with Crippen LogP contribution in [0.3, 0.4) is 0 Å². The second-order valence-corrected chi connectivity index (χ2v) is 6.68. The molecule has 4 rings (SSSR count). The molecule has 6 heteroatoms. The van der Waals surface area contributed by atoms with Crippen molar-refractivity contribution in [3.63, 3.8) is 0 Å². The van der Waals surface area contributed by atoms with Crippen LogP contribution in [-0.4, -0.2) is 24.8 Å². The number of fused-ring (bicyclic) bond motifs is 1. The van der Waals surface area contributed by atoms with E-state index in [0.29, 0.717) is 33.8 Å². The van der Waals surface area contributed by atoms with Gasteiger partial charge in [-0.1, -0.05) is 24.3 Å². The molecule has 3 aromatic rings. The minimum Gasteiger partial charge on any atom is -0.497 e. The standard InChI is InChI=1S/C23H18N2O4/c1-14-10-11-16(25-22(27)18-8-3-4-9-19(18)23(25)28)13-20(14)24-21(26)15-6-5-7-17(12-15)29-2/h3-13H,1-2H3,(H,24,26). The number of hydrogen-bond donors (Lipinski definition) is 1. The summed E-state index contributed by atoms with van der Waals surface area (Å²) in [5.74, 6) is -0.486. The van der Waals surface area contributed by atoms with Crippen molar-refractivity contribution in [2.45, 2.75) is 6.92 Å². The number of ether oxygens (including phenoxy) is 1. The van der Waals surface area contributed by atoms with Crippen LogP contribution < -0.4 is 15.0 Å². The Balaban J connectivity index is 1.64. The predicted octanol–water partition coefficient (Wildman–Crippen LogP) is 4.06. The minimum absolute atomic E-state index is 0.313. The molecule has 0 spiro atoms. The van der Waals surface area contributed by atoms with Gasteiger partial charge in [-0.05, 0) is 55.0 Å². The second-order valence-electron chi connectivity index (χ2n) is 6.68. The Bertz CT molecular complexity index is 1120. The lowest BCUT2D eigenvalue weighted by molar-refractivity contribution is 0.0925. The summed E-state index contributed by atoms with van der Waals surface area (Å²) >= 11 is 0. The van der Waals surface area contributed by atoms with Crippen LogP contribution in [0.15, 0.2) is 66.7 Å². The second kappa shape index (κ2) is 7.24. The van der Waals surface area contributed by atoms with Gasteiger partial charge in [0.25, 0.3) is 17.7 Å². The van der Waals surface area contributed by atoms with Crippen molar-refractivity contribution >= 4 is 29.1 Å². The zero-order chi connectivity index (χ0) is 20.5. The lowest BCUT2D eigenvalue weighted by Crippen LogP contribution is -2.29. The van der Waals surface area contributed by atoms with Crippen LogP contribution in [0.1, 0.15) is 36.6 Å². The first-order chi connectivity index (χ1) is 14.0. The number of amides is 3. The summed E-state index contributed by atoms with van der Waals surface area (Å²) in [4.78, 5) is 39.2. The summed E-state index contributed by atoms with van der Waals surface area (Å²) < 4.78 is 5.16. The Morgan fingerprint density at radius 3 is 2.24 bits per heavy atom. The first kappa shape index (κ1) is 18.4. The number of imide groups is 1. The molecule has 0 saturated heterocycles. The molecule has 0 bridgehead atoms. The number of hydrogen-bond acceptors (Lipinski definition) is 4. The van der Waals surface area contributed by atoms with E-state index in [4.69, 9.17) is 4.74 Å².